The first-order chi connectivity index (χ1) is 15.3. The lowest BCUT2D eigenvalue weighted by atomic mass is 9.97. The molecule has 0 saturated heterocycles. The Kier molecular flexibility index (Phi) is 10.4. The summed E-state index contributed by atoms with van der Waals surface area (Å²) in [5, 5.41) is 17.2. The Bertz CT molecular complexity index is 866. The van der Waals surface area contributed by atoms with Crippen molar-refractivity contribution in [3.05, 3.63) is 35.2 Å². The van der Waals surface area contributed by atoms with Crippen molar-refractivity contribution >= 4 is 33.4 Å². The Balaban J connectivity index is 2.07. The highest BCUT2D eigenvalue weighted by Crippen LogP contribution is 2.32. The van der Waals surface area contributed by atoms with Gasteiger partial charge in [-0.1, -0.05) is 18.2 Å². The average molecular weight is 466 g/mol. The van der Waals surface area contributed by atoms with E-state index in [1.54, 1.807) is 11.3 Å². The van der Waals surface area contributed by atoms with Crippen LogP contribution in [0.25, 0.3) is 10.1 Å². The number of carboxylic acid groups (broad SMARTS) is 1. The molecule has 2 amide bonds. The lowest BCUT2D eigenvalue weighted by Crippen LogP contribution is -2.58. The number of carbonyl (C=O) groups is 2. The summed E-state index contributed by atoms with van der Waals surface area (Å²) in [4.78, 5) is 23.2. The quantitative estimate of drug-likeness (QED) is 0.250. The minimum absolute atomic E-state index is 0.275. The number of unbranched alkanes of at least 4 members (excludes halogenated alkanes) is 1. The maximum atomic E-state index is 12.7. The van der Waals surface area contributed by atoms with Crippen LogP contribution in [-0.4, -0.2) is 54.7 Å². The molecule has 0 unspecified atom stereocenters. The smallest absolute Gasteiger partial charge is 0.404 e. The van der Waals surface area contributed by atoms with E-state index in [9.17, 15) is 9.59 Å². The van der Waals surface area contributed by atoms with Gasteiger partial charge in [0, 0.05) is 30.9 Å². The predicted octanol–water partition coefficient (Wildman–Crippen LogP) is 3.48. The second-order valence-corrected chi connectivity index (χ2v) is 8.59. The summed E-state index contributed by atoms with van der Waals surface area (Å²) in [7, 11) is 0. The third-order valence-electron chi connectivity index (χ3n) is 5.35. The molecular weight excluding hydrogens is 430 g/mol. The average Bonchev–Trinajstić information content (AvgIpc) is 3.16. The number of amides is 2. The summed E-state index contributed by atoms with van der Waals surface area (Å²) >= 11 is 1.68. The molecule has 178 valence electrons. The lowest BCUT2D eigenvalue weighted by Gasteiger charge is -2.39. The summed E-state index contributed by atoms with van der Waals surface area (Å²) in [6.07, 6.45) is 1.17. The van der Waals surface area contributed by atoms with Gasteiger partial charge in [-0.05, 0) is 62.4 Å². The van der Waals surface area contributed by atoms with E-state index in [1.165, 1.54) is 4.70 Å². The number of nitrogens with two attached hydrogens (primary N) is 1. The van der Waals surface area contributed by atoms with Crippen LogP contribution in [0.2, 0.25) is 0 Å². The fraction of sp³-hybridized carbons (Fsp3) is 0.565. The van der Waals surface area contributed by atoms with Gasteiger partial charge in [-0.3, -0.25) is 4.79 Å². The number of ether oxygens (including phenoxy) is 2. The molecule has 1 aromatic heterocycles. The monoisotopic (exact) mass is 465 g/mol. The van der Waals surface area contributed by atoms with Gasteiger partial charge in [0.1, 0.15) is 0 Å². The van der Waals surface area contributed by atoms with Gasteiger partial charge in [0.05, 0.1) is 12.1 Å². The van der Waals surface area contributed by atoms with E-state index >= 15 is 0 Å². The molecule has 0 aliphatic heterocycles. The van der Waals surface area contributed by atoms with Gasteiger partial charge in [0.25, 0.3) is 0 Å². The van der Waals surface area contributed by atoms with Crippen molar-refractivity contribution in [1.82, 2.24) is 10.6 Å². The summed E-state index contributed by atoms with van der Waals surface area (Å²) in [6.45, 7) is 6.90. The third-order valence-corrected chi connectivity index (χ3v) is 6.36. The summed E-state index contributed by atoms with van der Waals surface area (Å²) in [5.74, 6) is -1.30. The Labute approximate surface area is 193 Å². The summed E-state index contributed by atoms with van der Waals surface area (Å²) in [6, 6.07) is 7.07. The summed E-state index contributed by atoms with van der Waals surface area (Å²) in [5.41, 5.74) is 7.20. The van der Waals surface area contributed by atoms with Gasteiger partial charge in [0.2, 0.25) is 5.91 Å². The fourth-order valence-electron chi connectivity index (χ4n) is 3.72. The van der Waals surface area contributed by atoms with Crippen LogP contribution in [0.15, 0.2) is 29.6 Å². The first kappa shape index (κ1) is 26.1. The number of nitrogens with one attached hydrogen (secondary N) is 2. The number of hydrogen-bond acceptors (Lipinski definition) is 6. The molecule has 0 aliphatic carbocycles. The molecule has 9 heteroatoms. The molecule has 8 nitrogen and oxygen atoms in total. The zero-order chi connectivity index (χ0) is 23.6. The van der Waals surface area contributed by atoms with Crippen molar-refractivity contribution in [1.29, 1.82) is 0 Å². The van der Waals surface area contributed by atoms with Crippen molar-refractivity contribution < 1.29 is 24.2 Å². The first-order valence-electron chi connectivity index (χ1n) is 11.1. The van der Waals surface area contributed by atoms with Crippen LogP contribution in [0.4, 0.5) is 4.79 Å². The molecule has 0 bridgehead atoms. The largest absolute Gasteiger partial charge is 0.465 e. The van der Waals surface area contributed by atoms with E-state index < -0.39 is 24.0 Å². The van der Waals surface area contributed by atoms with E-state index in [2.05, 4.69) is 28.1 Å². The van der Waals surface area contributed by atoms with Crippen LogP contribution in [0.3, 0.4) is 0 Å². The van der Waals surface area contributed by atoms with Crippen molar-refractivity contribution in [3.8, 4) is 0 Å². The number of thiophene rings is 1. The van der Waals surface area contributed by atoms with Crippen molar-refractivity contribution in [2.45, 2.75) is 64.3 Å². The third kappa shape index (κ3) is 7.16. The Morgan fingerprint density at radius 3 is 2.53 bits per heavy atom. The molecule has 2 aromatic rings. The highest BCUT2D eigenvalue weighted by molar-refractivity contribution is 7.17. The molecule has 0 spiro atoms. The first-order valence-corrected chi connectivity index (χ1v) is 12.0. The van der Waals surface area contributed by atoms with Crippen LogP contribution in [0, 0.1) is 0 Å². The number of benzene rings is 1. The van der Waals surface area contributed by atoms with Gasteiger partial charge >= 0.3 is 6.09 Å². The molecule has 32 heavy (non-hydrogen) atoms. The van der Waals surface area contributed by atoms with Gasteiger partial charge in [0.15, 0.2) is 5.79 Å². The Hall–Kier alpha value is -2.20. The van der Waals surface area contributed by atoms with E-state index in [4.69, 9.17) is 20.3 Å². The standard InChI is InChI=1S/C23H35N3O5S/c1-4-30-23(31-5-2,14-17-15-32-20-12-7-6-10-18(17)20)16(3)26-21(27)19(24)11-8-9-13-25-22(28)29/h6-7,10,12,15-16,19,25H,4-5,8-9,11,13-14,24H2,1-3H3,(H,26,27)(H,28,29)/t16-,19-/m0/s1. The van der Waals surface area contributed by atoms with Crippen molar-refractivity contribution in [3.63, 3.8) is 0 Å². The van der Waals surface area contributed by atoms with E-state index in [-0.39, 0.29) is 5.91 Å². The van der Waals surface area contributed by atoms with Crippen LogP contribution in [0.1, 0.15) is 45.6 Å². The number of rotatable bonds is 14. The number of carbonyl (C=O) groups excluding carboxylic acids is 1. The summed E-state index contributed by atoms with van der Waals surface area (Å²) < 4.78 is 13.5. The topological polar surface area (TPSA) is 123 Å². The molecular formula is C23H35N3O5S. The Morgan fingerprint density at radius 2 is 1.88 bits per heavy atom. The van der Waals surface area contributed by atoms with Gasteiger partial charge in [-0.2, -0.15) is 0 Å². The minimum Gasteiger partial charge on any atom is -0.465 e. The van der Waals surface area contributed by atoms with Crippen molar-refractivity contribution in [2.75, 3.05) is 19.8 Å². The van der Waals surface area contributed by atoms with Crippen LogP contribution in [0.5, 0.6) is 0 Å². The van der Waals surface area contributed by atoms with Gasteiger partial charge in [-0.25, -0.2) is 4.79 Å². The molecule has 0 fully saturated rings. The van der Waals surface area contributed by atoms with Gasteiger partial charge < -0.3 is 30.9 Å². The maximum absolute atomic E-state index is 12.7. The van der Waals surface area contributed by atoms with Crippen molar-refractivity contribution in [2.24, 2.45) is 5.73 Å². The fourth-order valence-corrected chi connectivity index (χ4v) is 4.68. The molecule has 1 heterocycles. The number of hydrogen-bond donors (Lipinski definition) is 4. The maximum Gasteiger partial charge on any atom is 0.404 e. The molecule has 0 saturated carbocycles. The molecule has 5 N–H and O–H groups in total. The van der Waals surface area contributed by atoms with Crippen LogP contribution < -0.4 is 16.4 Å². The minimum atomic E-state index is -1.05. The lowest BCUT2D eigenvalue weighted by molar-refractivity contribution is -0.246. The molecule has 0 aliphatic rings. The SMILES string of the molecule is CCOC(Cc1csc2ccccc12)(OCC)[C@H](C)NC(=O)[C@@H](N)CCCCNC(=O)O. The zero-order valence-electron chi connectivity index (χ0n) is 19.1. The molecule has 1 aromatic carbocycles. The van der Waals surface area contributed by atoms with Gasteiger partial charge in [-0.15, -0.1) is 11.3 Å². The van der Waals surface area contributed by atoms with Crippen LogP contribution in [-0.2, 0) is 20.7 Å². The van der Waals surface area contributed by atoms with E-state index in [0.29, 0.717) is 45.4 Å². The second kappa shape index (κ2) is 12.7. The predicted molar refractivity (Wildman–Crippen MR) is 127 cm³/mol. The van der Waals surface area contributed by atoms with Crippen LogP contribution >= 0.6 is 11.3 Å². The van der Waals surface area contributed by atoms with E-state index in [1.807, 2.05) is 32.9 Å². The normalized spacial score (nSPS) is 13.6. The molecule has 2 atom stereocenters. The zero-order valence-corrected chi connectivity index (χ0v) is 19.9. The highest BCUT2D eigenvalue weighted by Gasteiger charge is 2.40. The molecule has 2 rings (SSSR count). The van der Waals surface area contributed by atoms with E-state index in [0.717, 1.165) is 10.9 Å². The molecule has 0 radical (unpaired) electrons. The second-order valence-electron chi connectivity index (χ2n) is 7.68. The number of fused-ring (bicyclic) bond motifs is 1. The Morgan fingerprint density at radius 1 is 1.19 bits per heavy atom. The highest BCUT2D eigenvalue weighted by atomic mass is 32.1.